The van der Waals surface area contributed by atoms with Crippen LogP contribution in [0.5, 0.6) is 5.75 Å². The molecule has 0 aliphatic heterocycles. The molecule has 0 spiro atoms. The number of benzene rings is 2. The van der Waals surface area contributed by atoms with Crippen LogP contribution in [0, 0.1) is 19.8 Å². The maximum Gasteiger partial charge on any atom is 0.234 e. The van der Waals surface area contributed by atoms with E-state index in [1.54, 1.807) is 0 Å². The zero-order chi connectivity index (χ0) is 21.5. The van der Waals surface area contributed by atoms with Crippen LogP contribution in [0.25, 0.3) is 0 Å². The Morgan fingerprint density at radius 2 is 1.90 bits per heavy atom. The maximum absolute atomic E-state index is 12.3. The smallest absolute Gasteiger partial charge is 0.234 e. The average molecular weight is 425 g/mol. The van der Waals surface area contributed by atoms with Gasteiger partial charge in [0.15, 0.2) is 11.0 Å². The first-order valence-electron chi connectivity index (χ1n) is 10.0. The van der Waals surface area contributed by atoms with E-state index in [4.69, 9.17) is 4.74 Å². The Bertz CT molecular complexity index is 986. The molecule has 1 N–H and O–H groups in total. The molecule has 0 radical (unpaired) electrons. The molecule has 3 rings (SSSR count). The van der Waals surface area contributed by atoms with Gasteiger partial charge >= 0.3 is 0 Å². The molecule has 6 nitrogen and oxygen atoms in total. The van der Waals surface area contributed by atoms with Crippen LogP contribution in [0.15, 0.2) is 53.7 Å². The van der Waals surface area contributed by atoms with E-state index in [9.17, 15) is 4.79 Å². The van der Waals surface area contributed by atoms with Gasteiger partial charge in [-0.15, -0.1) is 10.2 Å². The number of rotatable bonds is 9. The minimum atomic E-state index is -0.0709. The summed E-state index contributed by atoms with van der Waals surface area (Å²) in [6.45, 7) is 9.49. The zero-order valence-corrected chi connectivity index (χ0v) is 18.7. The minimum Gasteiger partial charge on any atom is -0.485 e. The van der Waals surface area contributed by atoms with Crippen molar-refractivity contribution in [3.8, 4) is 5.75 Å². The van der Waals surface area contributed by atoms with Crippen molar-refractivity contribution < 1.29 is 9.53 Å². The summed E-state index contributed by atoms with van der Waals surface area (Å²) in [5.41, 5.74) is 3.08. The fraction of sp³-hybridized carbons (Fsp3) is 0.348. The van der Waals surface area contributed by atoms with Gasteiger partial charge in [-0.25, -0.2) is 0 Å². The number of anilines is 1. The molecule has 0 saturated carbocycles. The number of hydrogen-bond donors (Lipinski definition) is 1. The van der Waals surface area contributed by atoms with Gasteiger partial charge in [0.1, 0.15) is 12.4 Å². The van der Waals surface area contributed by atoms with E-state index in [1.165, 1.54) is 17.3 Å². The summed E-state index contributed by atoms with van der Waals surface area (Å²) in [7, 11) is 0. The van der Waals surface area contributed by atoms with E-state index >= 15 is 0 Å². The van der Waals surface area contributed by atoms with Crippen molar-refractivity contribution in [1.82, 2.24) is 14.8 Å². The molecule has 2 aromatic carbocycles. The molecule has 1 aromatic heterocycles. The molecule has 0 saturated heterocycles. The second-order valence-corrected chi connectivity index (χ2v) is 8.61. The monoisotopic (exact) mass is 424 g/mol. The number of nitrogens with one attached hydrogen (secondary N) is 1. The van der Waals surface area contributed by atoms with Gasteiger partial charge in [0.2, 0.25) is 5.91 Å². The number of carbonyl (C=O) groups is 1. The minimum absolute atomic E-state index is 0.0709. The van der Waals surface area contributed by atoms with Crippen molar-refractivity contribution in [2.24, 2.45) is 5.92 Å². The fourth-order valence-electron chi connectivity index (χ4n) is 3.03. The summed E-state index contributed by atoms with van der Waals surface area (Å²) >= 11 is 1.39. The van der Waals surface area contributed by atoms with Gasteiger partial charge in [-0.1, -0.05) is 61.5 Å². The van der Waals surface area contributed by atoms with Gasteiger partial charge in [-0.3, -0.25) is 4.79 Å². The molecular weight excluding hydrogens is 396 g/mol. The number of hydrogen-bond acceptors (Lipinski definition) is 5. The van der Waals surface area contributed by atoms with Crippen LogP contribution in [-0.2, 0) is 17.9 Å². The standard InChI is InChI=1S/C23H28N4O2S/c1-16(2)13-27-21(14-29-20-11-10-17(3)12-18(20)4)25-26-23(27)30-15-22(28)24-19-8-6-5-7-9-19/h5-12,16H,13-15H2,1-4H3,(H,24,28). The SMILES string of the molecule is Cc1ccc(OCc2nnc(SCC(=O)Nc3ccccc3)n2CC(C)C)c(C)c1. The fourth-order valence-corrected chi connectivity index (χ4v) is 3.80. The predicted molar refractivity (Wildman–Crippen MR) is 121 cm³/mol. The lowest BCUT2D eigenvalue weighted by Crippen LogP contribution is -2.16. The molecule has 0 unspecified atom stereocenters. The predicted octanol–water partition coefficient (Wildman–Crippen LogP) is 4.86. The number of nitrogens with zero attached hydrogens (tertiary/aromatic N) is 3. The lowest BCUT2D eigenvalue weighted by atomic mass is 10.1. The Labute approximate surface area is 182 Å². The first-order chi connectivity index (χ1) is 14.4. The highest BCUT2D eigenvalue weighted by molar-refractivity contribution is 7.99. The van der Waals surface area contributed by atoms with Gasteiger partial charge in [-0.2, -0.15) is 0 Å². The molecule has 0 fully saturated rings. The first kappa shape index (κ1) is 21.9. The molecule has 158 valence electrons. The van der Waals surface area contributed by atoms with Crippen molar-refractivity contribution >= 4 is 23.4 Å². The third-order valence-electron chi connectivity index (χ3n) is 4.42. The van der Waals surface area contributed by atoms with Crippen LogP contribution < -0.4 is 10.1 Å². The number of thioether (sulfide) groups is 1. The summed E-state index contributed by atoms with van der Waals surface area (Å²) in [4.78, 5) is 12.3. The number of aromatic nitrogens is 3. The Hall–Kier alpha value is -2.80. The van der Waals surface area contributed by atoms with Crippen molar-refractivity contribution in [3.05, 3.63) is 65.5 Å². The van der Waals surface area contributed by atoms with E-state index in [1.807, 2.05) is 49.4 Å². The highest BCUT2D eigenvalue weighted by Crippen LogP contribution is 2.23. The summed E-state index contributed by atoms with van der Waals surface area (Å²) in [6, 6.07) is 15.6. The van der Waals surface area contributed by atoms with E-state index in [0.717, 1.165) is 34.5 Å². The van der Waals surface area contributed by atoms with Crippen molar-refractivity contribution in [2.75, 3.05) is 11.1 Å². The van der Waals surface area contributed by atoms with Crippen LogP contribution in [0.1, 0.15) is 30.8 Å². The van der Waals surface area contributed by atoms with Gasteiger partial charge in [0, 0.05) is 12.2 Å². The number of ether oxygens (including phenoxy) is 1. The Morgan fingerprint density at radius 3 is 2.60 bits per heavy atom. The molecule has 0 bridgehead atoms. The number of amides is 1. The molecule has 0 aliphatic rings. The average Bonchev–Trinajstić information content (AvgIpc) is 3.07. The van der Waals surface area contributed by atoms with Gasteiger partial charge in [-0.05, 0) is 43.5 Å². The van der Waals surface area contributed by atoms with E-state index in [0.29, 0.717) is 12.5 Å². The second-order valence-electron chi connectivity index (χ2n) is 7.66. The topological polar surface area (TPSA) is 69.0 Å². The number of aryl methyl sites for hydroxylation is 2. The Morgan fingerprint density at radius 1 is 1.13 bits per heavy atom. The summed E-state index contributed by atoms with van der Waals surface area (Å²) in [5.74, 6) is 2.21. The quantitative estimate of drug-likeness (QED) is 0.497. The Balaban J connectivity index is 1.66. The van der Waals surface area contributed by atoms with Crippen LogP contribution in [0.4, 0.5) is 5.69 Å². The van der Waals surface area contributed by atoms with Gasteiger partial charge in [0.05, 0.1) is 5.75 Å². The normalized spacial score (nSPS) is 11.0. The third-order valence-corrected chi connectivity index (χ3v) is 5.39. The first-order valence-corrected chi connectivity index (χ1v) is 11.0. The van der Waals surface area contributed by atoms with E-state index in [-0.39, 0.29) is 11.7 Å². The molecule has 3 aromatic rings. The van der Waals surface area contributed by atoms with Crippen LogP contribution in [0.2, 0.25) is 0 Å². The Kier molecular flexibility index (Phi) is 7.52. The molecule has 1 amide bonds. The highest BCUT2D eigenvalue weighted by atomic mass is 32.2. The van der Waals surface area contributed by atoms with Crippen LogP contribution >= 0.6 is 11.8 Å². The highest BCUT2D eigenvalue weighted by Gasteiger charge is 2.16. The van der Waals surface area contributed by atoms with Crippen molar-refractivity contribution in [3.63, 3.8) is 0 Å². The van der Waals surface area contributed by atoms with Crippen molar-refractivity contribution in [2.45, 2.75) is 46.0 Å². The lowest BCUT2D eigenvalue weighted by molar-refractivity contribution is -0.113. The summed E-state index contributed by atoms with van der Waals surface area (Å²) in [6.07, 6.45) is 0. The maximum atomic E-state index is 12.3. The van der Waals surface area contributed by atoms with E-state index in [2.05, 4.69) is 46.9 Å². The summed E-state index contributed by atoms with van der Waals surface area (Å²) < 4.78 is 8.06. The van der Waals surface area contributed by atoms with Crippen molar-refractivity contribution in [1.29, 1.82) is 0 Å². The zero-order valence-electron chi connectivity index (χ0n) is 17.9. The van der Waals surface area contributed by atoms with Gasteiger partial charge in [0.25, 0.3) is 0 Å². The molecule has 30 heavy (non-hydrogen) atoms. The lowest BCUT2D eigenvalue weighted by Gasteiger charge is -2.14. The van der Waals surface area contributed by atoms with Crippen LogP contribution in [-0.4, -0.2) is 26.4 Å². The summed E-state index contributed by atoms with van der Waals surface area (Å²) in [5, 5.41) is 12.3. The van der Waals surface area contributed by atoms with E-state index < -0.39 is 0 Å². The second kappa shape index (κ2) is 10.3. The molecule has 7 heteroatoms. The van der Waals surface area contributed by atoms with Gasteiger partial charge < -0.3 is 14.6 Å². The molecule has 0 aliphatic carbocycles. The third kappa shape index (κ3) is 6.10. The molecule has 0 atom stereocenters. The van der Waals surface area contributed by atoms with Crippen LogP contribution in [0.3, 0.4) is 0 Å². The molecule has 1 heterocycles. The molecular formula is C23H28N4O2S. The largest absolute Gasteiger partial charge is 0.485 e. The number of para-hydroxylation sites is 1. The number of carbonyl (C=O) groups excluding carboxylic acids is 1.